The summed E-state index contributed by atoms with van der Waals surface area (Å²) in [4.78, 5) is 0. The number of rotatable bonds is 5. The van der Waals surface area contributed by atoms with Crippen LogP contribution in [0.5, 0.6) is 0 Å². The molecule has 0 aromatic carbocycles. The van der Waals surface area contributed by atoms with Gasteiger partial charge in [-0.2, -0.15) is 8.78 Å². The number of ether oxygens (including phenoxy) is 1. The zero-order valence-electron chi connectivity index (χ0n) is 8.81. The molecule has 0 rings (SSSR count). The van der Waals surface area contributed by atoms with Crippen molar-refractivity contribution in [2.45, 2.75) is 26.9 Å². The molecular weight excluding hydrogens is 186 g/mol. The standard InChI is InChI=1S/C11H16F2O/c1-5-7-10(8-9(3)4)11(12,13)14-6-2/h5,7-8H,1,6H2,2-4H3/b10-7+. The second-order valence-corrected chi connectivity index (χ2v) is 3.03. The van der Waals surface area contributed by atoms with Crippen LogP contribution in [0.1, 0.15) is 20.8 Å². The van der Waals surface area contributed by atoms with Crippen molar-refractivity contribution < 1.29 is 13.5 Å². The quantitative estimate of drug-likeness (QED) is 0.618. The van der Waals surface area contributed by atoms with Gasteiger partial charge in [0.05, 0.1) is 12.2 Å². The Morgan fingerprint density at radius 1 is 1.43 bits per heavy atom. The van der Waals surface area contributed by atoms with Crippen molar-refractivity contribution in [2.75, 3.05) is 6.61 Å². The topological polar surface area (TPSA) is 9.23 Å². The van der Waals surface area contributed by atoms with E-state index in [0.717, 1.165) is 5.57 Å². The van der Waals surface area contributed by atoms with Gasteiger partial charge >= 0.3 is 6.11 Å². The summed E-state index contributed by atoms with van der Waals surface area (Å²) < 4.78 is 30.9. The fraction of sp³-hybridized carbons (Fsp3) is 0.455. The molecule has 0 aliphatic heterocycles. The summed E-state index contributed by atoms with van der Waals surface area (Å²) in [5.74, 6) is 0. The molecule has 0 unspecified atom stereocenters. The van der Waals surface area contributed by atoms with Crippen LogP contribution in [0.3, 0.4) is 0 Å². The number of hydrogen-bond donors (Lipinski definition) is 0. The maximum Gasteiger partial charge on any atom is 0.383 e. The van der Waals surface area contributed by atoms with Gasteiger partial charge < -0.3 is 4.74 Å². The molecule has 3 heteroatoms. The van der Waals surface area contributed by atoms with Gasteiger partial charge in [0.1, 0.15) is 0 Å². The fourth-order valence-electron chi connectivity index (χ4n) is 0.932. The Morgan fingerprint density at radius 2 is 2.00 bits per heavy atom. The van der Waals surface area contributed by atoms with E-state index in [0.29, 0.717) is 0 Å². The molecule has 0 aromatic rings. The van der Waals surface area contributed by atoms with E-state index >= 15 is 0 Å². The molecule has 0 aliphatic rings. The Bertz CT molecular complexity index is 248. The van der Waals surface area contributed by atoms with Gasteiger partial charge in [-0.3, -0.25) is 0 Å². The first-order chi connectivity index (χ1) is 6.44. The monoisotopic (exact) mass is 202 g/mol. The minimum atomic E-state index is -3.24. The van der Waals surface area contributed by atoms with Crippen LogP contribution in [-0.4, -0.2) is 12.7 Å². The van der Waals surface area contributed by atoms with Crippen LogP contribution in [0.4, 0.5) is 8.78 Å². The molecule has 0 aromatic heterocycles. The largest absolute Gasteiger partial charge is 0.383 e. The van der Waals surface area contributed by atoms with Crippen molar-refractivity contribution in [3.05, 3.63) is 36.0 Å². The smallest absolute Gasteiger partial charge is 0.317 e. The highest BCUT2D eigenvalue weighted by Gasteiger charge is 2.33. The summed E-state index contributed by atoms with van der Waals surface area (Å²) in [5.41, 5.74) is 0.617. The first-order valence-corrected chi connectivity index (χ1v) is 4.44. The SMILES string of the molecule is C=C/C=C(\C=C(C)C)C(F)(F)OCC. The van der Waals surface area contributed by atoms with Gasteiger partial charge in [-0.15, -0.1) is 0 Å². The second kappa shape index (κ2) is 5.70. The number of alkyl halides is 2. The highest BCUT2D eigenvalue weighted by Crippen LogP contribution is 2.27. The third-order valence-corrected chi connectivity index (χ3v) is 1.40. The molecule has 0 radical (unpaired) electrons. The van der Waals surface area contributed by atoms with Crippen LogP contribution >= 0.6 is 0 Å². The van der Waals surface area contributed by atoms with Gasteiger partial charge in [0.15, 0.2) is 0 Å². The maximum absolute atomic E-state index is 13.3. The molecule has 0 amide bonds. The predicted octanol–water partition coefficient (Wildman–Crippen LogP) is 3.69. The van der Waals surface area contributed by atoms with Crippen molar-refractivity contribution in [3.8, 4) is 0 Å². The van der Waals surface area contributed by atoms with Gasteiger partial charge in [-0.1, -0.05) is 30.4 Å². The molecule has 0 atom stereocenters. The number of allylic oxidation sites excluding steroid dienone is 3. The average Bonchev–Trinajstić information content (AvgIpc) is 2.02. The third kappa shape index (κ3) is 4.33. The maximum atomic E-state index is 13.3. The number of halogens is 2. The Labute approximate surface area is 83.8 Å². The Hall–Kier alpha value is -0.960. The minimum absolute atomic E-state index is 0.0297. The molecule has 0 heterocycles. The van der Waals surface area contributed by atoms with Crippen LogP contribution in [0, 0.1) is 0 Å². The lowest BCUT2D eigenvalue weighted by molar-refractivity contribution is -0.203. The minimum Gasteiger partial charge on any atom is -0.317 e. The van der Waals surface area contributed by atoms with Gasteiger partial charge in [0, 0.05) is 0 Å². The highest BCUT2D eigenvalue weighted by atomic mass is 19.3. The lowest BCUT2D eigenvalue weighted by atomic mass is 10.1. The summed E-state index contributed by atoms with van der Waals surface area (Å²) in [6, 6.07) is 0. The Balaban J connectivity index is 4.92. The third-order valence-electron chi connectivity index (χ3n) is 1.40. The molecule has 1 nitrogen and oxygen atoms in total. The normalized spacial score (nSPS) is 12.5. The summed E-state index contributed by atoms with van der Waals surface area (Å²) in [6.45, 7) is 8.38. The molecule has 0 fully saturated rings. The van der Waals surface area contributed by atoms with Gasteiger partial charge in [-0.05, 0) is 20.8 Å². The fourth-order valence-corrected chi connectivity index (χ4v) is 0.932. The highest BCUT2D eigenvalue weighted by molar-refractivity contribution is 5.29. The van der Waals surface area contributed by atoms with E-state index in [1.165, 1.54) is 25.2 Å². The van der Waals surface area contributed by atoms with E-state index in [2.05, 4.69) is 11.3 Å². The molecule has 0 saturated heterocycles. The van der Waals surface area contributed by atoms with Gasteiger partial charge in [0.2, 0.25) is 0 Å². The zero-order chi connectivity index (χ0) is 11.2. The summed E-state index contributed by atoms with van der Waals surface area (Å²) in [7, 11) is 0. The summed E-state index contributed by atoms with van der Waals surface area (Å²) in [5, 5.41) is 0. The Morgan fingerprint density at radius 3 is 2.36 bits per heavy atom. The average molecular weight is 202 g/mol. The number of hydrogen-bond acceptors (Lipinski definition) is 1. The van der Waals surface area contributed by atoms with E-state index in [9.17, 15) is 8.78 Å². The lowest BCUT2D eigenvalue weighted by Crippen LogP contribution is -2.22. The molecule has 0 spiro atoms. The van der Waals surface area contributed by atoms with Crippen molar-refractivity contribution in [1.29, 1.82) is 0 Å². The molecule has 14 heavy (non-hydrogen) atoms. The van der Waals surface area contributed by atoms with E-state index in [4.69, 9.17) is 0 Å². The van der Waals surface area contributed by atoms with Crippen LogP contribution < -0.4 is 0 Å². The Kier molecular flexibility index (Phi) is 5.31. The van der Waals surface area contributed by atoms with Crippen molar-refractivity contribution >= 4 is 0 Å². The molecule has 80 valence electrons. The van der Waals surface area contributed by atoms with Crippen molar-refractivity contribution in [3.63, 3.8) is 0 Å². The second-order valence-electron chi connectivity index (χ2n) is 3.03. The summed E-state index contributed by atoms with van der Waals surface area (Å²) >= 11 is 0. The van der Waals surface area contributed by atoms with E-state index in [1.807, 2.05) is 0 Å². The molecule has 0 saturated carbocycles. The molecule has 0 bridgehead atoms. The van der Waals surface area contributed by atoms with Gasteiger partial charge in [-0.25, -0.2) is 0 Å². The van der Waals surface area contributed by atoms with E-state index in [-0.39, 0.29) is 12.2 Å². The van der Waals surface area contributed by atoms with E-state index < -0.39 is 6.11 Å². The van der Waals surface area contributed by atoms with Crippen LogP contribution in [0.2, 0.25) is 0 Å². The summed E-state index contributed by atoms with van der Waals surface area (Å²) in [6.07, 6.45) is 0.724. The van der Waals surface area contributed by atoms with Crippen molar-refractivity contribution in [2.24, 2.45) is 0 Å². The van der Waals surface area contributed by atoms with Crippen molar-refractivity contribution in [1.82, 2.24) is 0 Å². The first-order valence-electron chi connectivity index (χ1n) is 4.44. The van der Waals surface area contributed by atoms with Crippen LogP contribution in [0.15, 0.2) is 36.0 Å². The zero-order valence-corrected chi connectivity index (χ0v) is 8.81. The van der Waals surface area contributed by atoms with Crippen LogP contribution in [-0.2, 0) is 4.74 Å². The molecule has 0 aliphatic carbocycles. The van der Waals surface area contributed by atoms with Gasteiger partial charge in [0.25, 0.3) is 0 Å². The molecular formula is C11H16F2O. The van der Waals surface area contributed by atoms with Crippen LogP contribution in [0.25, 0.3) is 0 Å². The predicted molar refractivity (Wildman–Crippen MR) is 54.3 cm³/mol. The lowest BCUT2D eigenvalue weighted by Gasteiger charge is -2.17. The first kappa shape index (κ1) is 13.0. The van der Waals surface area contributed by atoms with E-state index in [1.54, 1.807) is 13.8 Å². The molecule has 0 N–H and O–H groups in total.